The Labute approximate surface area is 161 Å². The van der Waals surface area contributed by atoms with Gasteiger partial charge >= 0.3 is 12.1 Å². The predicted molar refractivity (Wildman–Crippen MR) is 90.1 cm³/mol. The molecule has 0 radical (unpaired) electrons. The van der Waals surface area contributed by atoms with Crippen molar-refractivity contribution < 1.29 is 40.9 Å². The zero-order valence-electron chi connectivity index (χ0n) is 14.6. The predicted octanol–water partition coefficient (Wildman–Crippen LogP) is 5.25. The van der Waals surface area contributed by atoms with Gasteiger partial charge in [0.2, 0.25) is 17.6 Å². The highest BCUT2D eigenvalue weighted by Gasteiger charge is 2.33. The third-order valence-electron chi connectivity index (χ3n) is 2.98. The Morgan fingerprint density at radius 3 is 2.32 bits per heavy atom. The van der Waals surface area contributed by atoms with E-state index in [0.717, 1.165) is 6.07 Å². The van der Waals surface area contributed by atoms with Gasteiger partial charge in [-0.1, -0.05) is 6.92 Å². The van der Waals surface area contributed by atoms with Crippen molar-refractivity contribution in [1.29, 1.82) is 0 Å². The van der Waals surface area contributed by atoms with Crippen LogP contribution in [-0.4, -0.2) is 34.6 Å². The standard InChI is InChI=1S/C16H15F5N2O4S/c1-3-14(28-16(19,20)21)26-13-8-10(24-2)7-12(23-13)25-9-4-5-22-11(6-9)27-15(17)18/h4-8,14-15H,3H2,1-2H3. The number of nitrogens with zero attached hydrogens (tertiary/aromatic N) is 2. The van der Waals surface area contributed by atoms with Crippen LogP contribution in [0.25, 0.3) is 0 Å². The Morgan fingerprint density at radius 1 is 1.04 bits per heavy atom. The summed E-state index contributed by atoms with van der Waals surface area (Å²) < 4.78 is 82.2. The van der Waals surface area contributed by atoms with Gasteiger partial charge in [-0.3, -0.25) is 0 Å². The molecule has 2 aromatic heterocycles. The van der Waals surface area contributed by atoms with Gasteiger partial charge in [0.15, 0.2) is 5.44 Å². The summed E-state index contributed by atoms with van der Waals surface area (Å²) in [6.45, 7) is -1.53. The molecule has 154 valence electrons. The summed E-state index contributed by atoms with van der Waals surface area (Å²) in [6, 6.07) is 5.10. The molecule has 1 atom stereocenters. The van der Waals surface area contributed by atoms with Gasteiger partial charge in [0.1, 0.15) is 11.5 Å². The van der Waals surface area contributed by atoms with Gasteiger partial charge in [-0.05, 0) is 24.2 Å². The van der Waals surface area contributed by atoms with Crippen molar-refractivity contribution in [2.75, 3.05) is 7.11 Å². The fourth-order valence-corrected chi connectivity index (χ4v) is 2.51. The second kappa shape index (κ2) is 9.62. The number of ether oxygens (including phenoxy) is 4. The van der Waals surface area contributed by atoms with E-state index in [0.29, 0.717) is 0 Å². The number of rotatable bonds is 9. The van der Waals surface area contributed by atoms with Crippen LogP contribution in [0.4, 0.5) is 22.0 Å². The van der Waals surface area contributed by atoms with Crippen LogP contribution in [-0.2, 0) is 0 Å². The SMILES string of the molecule is CCC(Oc1cc(OC)cc(Oc2ccnc(OC(F)F)c2)n1)SC(F)(F)F. The second-order valence-electron chi connectivity index (χ2n) is 5.01. The fraction of sp³-hybridized carbons (Fsp3) is 0.375. The first-order valence-corrected chi connectivity index (χ1v) is 8.62. The fourth-order valence-electron chi connectivity index (χ4n) is 1.89. The van der Waals surface area contributed by atoms with E-state index in [4.69, 9.17) is 14.2 Å². The summed E-state index contributed by atoms with van der Waals surface area (Å²) in [6.07, 6.45) is 1.25. The van der Waals surface area contributed by atoms with Crippen molar-refractivity contribution in [3.05, 3.63) is 30.5 Å². The lowest BCUT2D eigenvalue weighted by Crippen LogP contribution is -2.18. The van der Waals surface area contributed by atoms with E-state index in [-0.39, 0.29) is 47.3 Å². The molecule has 0 saturated carbocycles. The van der Waals surface area contributed by atoms with Crippen LogP contribution >= 0.6 is 11.8 Å². The Kier molecular flexibility index (Phi) is 7.49. The van der Waals surface area contributed by atoms with Crippen LogP contribution in [0.15, 0.2) is 30.5 Å². The minimum Gasteiger partial charge on any atom is -0.496 e. The van der Waals surface area contributed by atoms with Gasteiger partial charge in [-0.2, -0.15) is 26.9 Å². The molecule has 0 aromatic carbocycles. The first-order valence-electron chi connectivity index (χ1n) is 7.74. The highest BCUT2D eigenvalue weighted by molar-refractivity contribution is 8.00. The summed E-state index contributed by atoms with van der Waals surface area (Å²) in [5.74, 6) is -0.343. The molecule has 2 heterocycles. The summed E-state index contributed by atoms with van der Waals surface area (Å²) >= 11 is -0.312. The monoisotopic (exact) mass is 426 g/mol. The molecule has 28 heavy (non-hydrogen) atoms. The van der Waals surface area contributed by atoms with Gasteiger partial charge in [0.25, 0.3) is 0 Å². The topological polar surface area (TPSA) is 62.7 Å². The highest BCUT2D eigenvalue weighted by atomic mass is 32.2. The van der Waals surface area contributed by atoms with Crippen LogP contribution in [0.5, 0.6) is 29.1 Å². The smallest absolute Gasteiger partial charge is 0.445 e. The molecule has 0 spiro atoms. The van der Waals surface area contributed by atoms with Gasteiger partial charge in [0, 0.05) is 24.4 Å². The van der Waals surface area contributed by atoms with Crippen LogP contribution in [0.2, 0.25) is 0 Å². The maximum absolute atomic E-state index is 12.6. The van der Waals surface area contributed by atoms with Gasteiger partial charge < -0.3 is 18.9 Å². The average Bonchev–Trinajstić information content (AvgIpc) is 2.59. The van der Waals surface area contributed by atoms with Crippen molar-refractivity contribution in [3.8, 4) is 29.1 Å². The van der Waals surface area contributed by atoms with Crippen molar-refractivity contribution in [3.63, 3.8) is 0 Å². The molecule has 0 bridgehead atoms. The molecule has 0 saturated heterocycles. The molecule has 6 nitrogen and oxygen atoms in total. The van der Waals surface area contributed by atoms with E-state index in [9.17, 15) is 22.0 Å². The first kappa shape index (κ1) is 21.8. The average molecular weight is 426 g/mol. The molecule has 0 N–H and O–H groups in total. The maximum atomic E-state index is 12.6. The Hall–Kier alpha value is -2.50. The van der Waals surface area contributed by atoms with E-state index in [1.807, 2.05) is 0 Å². The maximum Gasteiger partial charge on any atom is 0.445 e. The van der Waals surface area contributed by atoms with Gasteiger partial charge in [0.05, 0.1) is 7.11 Å². The summed E-state index contributed by atoms with van der Waals surface area (Å²) in [5.41, 5.74) is -5.70. The zero-order valence-corrected chi connectivity index (χ0v) is 15.4. The van der Waals surface area contributed by atoms with E-state index in [1.165, 1.54) is 38.4 Å². The number of pyridine rings is 2. The van der Waals surface area contributed by atoms with Gasteiger partial charge in [-0.25, -0.2) is 4.98 Å². The number of hydrogen-bond acceptors (Lipinski definition) is 7. The van der Waals surface area contributed by atoms with E-state index < -0.39 is 17.6 Å². The molecule has 0 aliphatic heterocycles. The lowest BCUT2D eigenvalue weighted by atomic mass is 10.4. The lowest BCUT2D eigenvalue weighted by Gasteiger charge is -2.18. The van der Waals surface area contributed by atoms with Crippen LogP contribution in [0, 0.1) is 0 Å². The number of thioether (sulfide) groups is 1. The van der Waals surface area contributed by atoms with Gasteiger partial charge in [-0.15, -0.1) is 0 Å². The molecular formula is C16H15F5N2O4S. The molecule has 0 fully saturated rings. The van der Waals surface area contributed by atoms with Crippen LogP contribution in [0.1, 0.15) is 13.3 Å². The van der Waals surface area contributed by atoms with Crippen LogP contribution < -0.4 is 18.9 Å². The quantitative estimate of drug-likeness (QED) is 0.401. The summed E-state index contributed by atoms with van der Waals surface area (Å²) in [4.78, 5) is 7.57. The minimum absolute atomic E-state index is 0.0639. The molecule has 0 aliphatic rings. The normalized spacial score (nSPS) is 12.6. The van der Waals surface area contributed by atoms with Crippen molar-refractivity contribution >= 4 is 11.8 Å². The molecule has 0 amide bonds. The number of alkyl halides is 5. The zero-order chi connectivity index (χ0) is 20.7. The molecule has 1 unspecified atom stereocenters. The van der Waals surface area contributed by atoms with E-state index >= 15 is 0 Å². The molecule has 2 aromatic rings. The third-order valence-corrected chi connectivity index (χ3v) is 3.94. The second-order valence-corrected chi connectivity index (χ2v) is 6.24. The van der Waals surface area contributed by atoms with Crippen molar-refractivity contribution in [1.82, 2.24) is 9.97 Å². The molecule has 0 aliphatic carbocycles. The lowest BCUT2D eigenvalue weighted by molar-refractivity contribution is -0.0529. The minimum atomic E-state index is -4.48. The van der Waals surface area contributed by atoms with Crippen molar-refractivity contribution in [2.45, 2.75) is 30.9 Å². The highest BCUT2D eigenvalue weighted by Crippen LogP contribution is 2.37. The van der Waals surface area contributed by atoms with Crippen molar-refractivity contribution in [2.24, 2.45) is 0 Å². The molecular weight excluding hydrogens is 411 g/mol. The number of hydrogen-bond donors (Lipinski definition) is 0. The van der Waals surface area contributed by atoms with E-state index in [1.54, 1.807) is 0 Å². The number of methoxy groups -OCH3 is 1. The Bertz CT molecular complexity index is 779. The summed E-state index contributed by atoms with van der Waals surface area (Å²) in [5, 5.41) is 0. The Balaban J connectivity index is 2.20. The Morgan fingerprint density at radius 2 is 1.71 bits per heavy atom. The molecule has 12 heteroatoms. The summed E-state index contributed by atoms with van der Waals surface area (Å²) in [7, 11) is 1.34. The number of halogens is 5. The number of aromatic nitrogens is 2. The first-order chi connectivity index (χ1) is 13.2. The molecule has 2 rings (SSSR count). The van der Waals surface area contributed by atoms with E-state index in [2.05, 4.69) is 14.7 Å². The third kappa shape index (κ3) is 7.25. The largest absolute Gasteiger partial charge is 0.496 e. The van der Waals surface area contributed by atoms with Crippen LogP contribution in [0.3, 0.4) is 0 Å².